The van der Waals surface area contributed by atoms with Gasteiger partial charge in [0.2, 0.25) is 17.7 Å². The summed E-state index contributed by atoms with van der Waals surface area (Å²) >= 11 is 8.06. The molecule has 1 aliphatic carbocycles. The van der Waals surface area contributed by atoms with Gasteiger partial charge in [-0.1, -0.05) is 63.6 Å². The van der Waals surface area contributed by atoms with E-state index in [4.69, 9.17) is 21.1 Å². The zero-order chi connectivity index (χ0) is 47.0. The van der Waals surface area contributed by atoms with Crippen LogP contribution in [0.4, 0.5) is 10.1 Å². The summed E-state index contributed by atoms with van der Waals surface area (Å²) in [5.74, 6) is -0.0553. The fourth-order valence-corrected chi connectivity index (χ4v) is 10.2. The van der Waals surface area contributed by atoms with E-state index in [1.165, 1.54) is 11.0 Å². The van der Waals surface area contributed by atoms with E-state index in [-0.39, 0.29) is 48.3 Å². The van der Waals surface area contributed by atoms with Crippen molar-refractivity contribution < 1.29 is 33.4 Å². The quantitative estimate of drug-likeness (QED) is 0.0630. The van der Waals surface area contributed by atoms with Crippen LogP contribution < -0.4 is 20.7 Å². The molecule has 5 aromatic rings. The number of amides is 3. The number of hydrogen-bond acceptors (Lipinski definition) is 10. The fourth-order valence-electron chi connectivity index (χ4n) is 9.20. The molecule has 3 aromatic carbocycles. The molecule has 15 heteroatoms. The average Bonchev–Trinajstić information content (AvgIpc) is 3.92. The van der Waals surface area contributed by atoms with Crippen molar-refractivity contribution >= 4 is 57.2 Å². The van der Waals surface area contributed by atoms with Crippen LogP contribution in [0.25, 0.3) is 21.3 Å². The van der Waals surface area contributed by atoms with Crippen molar-refractivity contribution in [3.63, 3.8) is 0 Å². The number of nitrogens with one attached hydrogen (secondary N) is 3. The molecule has 2 aliphatic rings. The molecule has 352 valence electrons. The van der Waals surface area contributed by atoms with Gasteiger partial charge in [0.05, 0.1) is 52.0 Å². The zero-order valence-electron chi connectivity index (χ0n) is 38.4. The van der Waals surface area contributed by atoms with Crippen molar-refractivity contribution in [1.29, 1.82) is 0 Å². The maximum Gasteiger partial charge on any atom is 0.243 e. The first-order valence-corrected chi connectivity index (χ1v) is 24.3. The molecule has 2 fully saturated rings. The minimum absolute atomic E-state index is 0.0554. The number of benzene rings is 3. The standard InChI is InChI=1S/C51H62ClFN6O6S/c1-31(34-11-13-35(14-12-34)40-19-20-54-43-18-15-37(53)25-41(40)43)48(61)58-38-16-17-42(52)45(26-38)65-23-6-22-64-24-21-55-47(51(3,4)5)50(63)59-29-39(60)27-44(59)49(62)56-28-33-7-9-36(10-8-33)46-32(2)57-30-66-46/h7-10,15-20,25-26,30-31,34-35,39,44,47,55,60H,6,11-14,21-24,27-29H2,1-5H3,(H,56,62)(H,58,61)/t31-,34-,35+,39-,44+,47-/m1/s1. The molecule has 0 radical (unpaired) electrons. The largest absolute Gasteiger partial charge is 0.492 e. The molecule has 66 heavy (non-hydrogen) atoms. The van der Waals surface area contributed by atoms with Crippen molar-refractivity contribution in [1.82, 2.24) is 25.5 Å². The molecule has 2 aromatic heterocycles. The third-order valence-electron chi connectivity index (χ3n) is 13.0. The Kier molecular flexibility index (Phi) is 16.5. The van der Waals surface area contributed by atoms with Gasteiger partial charge in [-0.2, -0.15) is 0 Å². The minimum Gasteiger partial charge on any atom is -0.492 e. The van der Waals surface area contributed by atoms with Crippen LogP contribution in [0.1, 0.15) is 89.0 Å². The van der Waals surface area contributed by atoms with Crippen molar-refractivity contribution in [2.45, 2.75) is 104 Å². The van der Waals surface area contributed by atoms with Gasteiger partial charge in [-0.25, -0.2) is 9.37 Å². The summed E-state index contributed by atoms with van der Waals surface area (Å²) in [4.78, 5) is 52.2. The SMILES string of the molecule is Cc1ncsc1-c1ccc(CNC(=O)[C@@H]2C[C@@H](O)CN2C(=O)[C@@H](NCCOCCCOc2cc(NC(=O)[C@H](C)[C@H]3CC[C@@H](c4ccnc5ccc(F)cc54)CC3)ccc2Cl)C(C)(C)C)cc1. The Morgan fingerprint density at radius 1 is 0.985 bits per heavy atom. The molecule has 1 aliphatic heterocycles. The summed E-state index contributed by atoms with van der Waals surface area (Å²) in [6, 6.07) is 18.5. The number of aliphatic hydroxyl groups is 1. The molecule has 0 bridgehead atoms. The number of carbonyl (C=O) groups is 3. The van der Waals surface area contributed by atoms with Crippen LogP contribution in [0.2, 0.25) is 5.02 Å². The molecule has 3 amide bonds. The minimum atomic E-state index is -0.796. The Morgan fingerprint density at radius 2 is 1.76 bits per heavy atom. The van der Waals surface area contributed by atoms with Gasteiger partial charge < -0.3 is 35.4 Å². The number of likely N-dealkylation sites (tertiary alicyclic amines) is 1. The molecule has 7 rings (SSSR count). The summed E-state index contributed by atoms with van der Waals surface area (Å²) < 4.78 is 26.0. The van der Waals surface area contributed by atoms with Gasteiger partial charge in [0.15, 0.2) is 0 Å². The number of ether oxygens (including phenoxy) is 2. The normalized spacial score (nSPS) is 19.7. The summed E-state index contributed by atoms with van der Waals surface area (Å²) in [6.45, 7) is 11.7. The second-order valence-electron chi connectivity index (χ2n) is 18.7. The lowest BCUT2D eigenvalue weighted by atomic mass is 9.73. The molecule has 1 saturated carbocycles. The third-order valence-corrected chi connectivity index (χ3v) is 14.2. The first-order valence-electron chi connectivity index (χ1n) is 23.0. The Labute approximate surface area is 396 Å². The topological polar surface area (TPSA) is 155 Å². The predicted molar refractivity (Wildman–Crippen MR) is 258 cm³/mol. The maximum atomic E-state index is 14.1. The number of aromatic nitrogens is 2. The molecular weight excluding hydrogens is 879 g/mol. The van der Waals surface area contributed by atoms with Gasteiger partial charge in [0.25, 0.3) is 0 Å². The van der Waals surface area contributed by atoms with Gasteiger partial charge >= 0.3 is 0 Å². The second-order valence-corrected chi connectivity index (χ2v) is 20.0. The van der Waals surface area contributed by atoms with Gasteiger partial charge in [-0.05, 0) is 103 Å². The highest BCUT2D eigenvalue weighted by Gasteiger charge is 2.43. The summed E-state index contributed by atoms with van der Waals surface area (Å²) in [5, 5.41) is 21.3. The summed E-state index contributed by atoms with van der Waals surface area (Å²) in [5.41, 5.74) is 6.85. The number of hydrogen-bond donors (Lipinski definition) is 4. The van der Waals surface area contributed by atoms with E-state index in [0.717, 1.165) is 63.8 Å². The Bertz CT molecular complexity index is 2460. The van der Waals surface area contributed by atoms with Crippen molar-refractivity contribution in [2.75, 3.05) is 38.2 Å². The predicted octanol–water partition coefficient (Wildman–Crippen LogP) is 9.08. The van der Waals surface area contributed by atoms with Crippen LogP contribution in [-0.4, -0.2) is 88.8 Å². The zero-order valence-corrected chi connectivity index (χ0v) is 40.0. The van der Waals surface area contributed by atoms with Gasteiger partial charge in [0, 0.05) is 68.3 Å². The number of anilines is 1. The van der Waals surface area contributed by atoms with Gasteiger partial charge in [-0.3, -0.25) is 19.4 Å². The highest BCUT2D eigenvalue weighted by Crippen LogP contribution is 2.41. The van der Waals surface area contributed by atoms with E-state index in [1.54, 1.807) is 47.9 Å². The Morgan fingerprint density at radius 3 is 2.48 bits per heavy atom. The molecule has 4 N–H and O–H groups in total. The number of aryl methyl sites for hydroxylation is 1. The van der Waals surface area contributed by atoms with Crippen LogP contribution >= 0.6 is 22.9 Å². The maximum absolute atomic E-state index is 14.1. The molecule has 4 atom stereocenters. The number of halogens is 2. The molecule has 1 saturated heterocycles. The van der Waals surface area contributed by atoms with Crippen LogP contribution in [0, 0.1) is 30.0 Å². The fraction of sp³-hybridized carbons (Fsp3) is 0.471. The second kappa shape index (κ2) is 22.2. The molecule has 0 spiro atoms. The van der Waals surface area contributed by atoms with Crippen LogP contribution in [0.5, 0.6) is 5.75 Å². The van der Waals surface area contributed by atoms with Crippen molar-refractivity contribution in [2.24, 2.45) is 17.3 Å². The van der Waals surface area contributed by atoms with E-state index in [0.29, 0.717) is 61.7 Å². The van der Waals surface area contributed by atoms with Crippen LogP contribution in [0.3, 0.4) is 0 Å². The van der Waals surface area contributed by atoms with Gasteiger partial charge in [0.1, 0.15) is 17.6 Å². The van der Waals surface area contributed by atoms with Crippen molar-refractivity contribution in [3.05, 3.63) is 106 Å². The van der Waals surface area contributed by atoms with E-state index in [1.807, 2.05) is 70.5 Å². The Balaban J connectivity index is 0.813. The molecule has 3 heterocycles. The van der Waals surface area contributed by atoms with Crippen LogP contribution in [-0.2, 0) is 25.7 Å². The van der Waals surface area contributed by atoms with Crippen molar-refractivity contribution in [3.8, 4) is 16.2 Å². The number of fused-ring (bicyclic) bond motifs is 1. The van der Waals surface area contributed by atoms with E-state index >= 15 is 0 Å². The molecular formula is C51H62ClFN6O6S. The van der Waals surface area contributed by atoms with Crippen LogP contribution in [0.15, 0.2) is 78.4 Å². The lowest BCUT2D eigenvalue weighted by molar-refractivity contribution is -0.142. The smallest absolute Gasteiger partial charge is 0.243 e. The number of thiazole rings is 1. The molecule has 12 nitrogen and oxygen atoms in total. The highest BCUT2D eigenvalue weighted by molar-refractivity contribution is 7.13. The molecule has 0 unspecified atom stereocenters. The monoisotopic (exact) mass is 940 g/mol. The first-order chi connectivity index (χ1) is 31.7. The summed E-state index contributed by atoms with van der Waals surface area (Å²) in [6.07, 6.45) is 5.40. The number of pyridine rings is 1. The van der Waals surface area contributed by atoms with E-state index in [2.05, 4.69) is 25.9 Å². The third kappa shape index (κ3) is 12.3. The number of rotatable bonds is 18. The van der Waals surface area contributed by atoms with Gasteiger partial charge in [-0.15, -0.1) is 11.3 Å². The number of aliphatic hydroxyl groups excluding tert-OH is 1. The first kappa shape index (κ1) is 48.9. The lowest BCUT2D eigenvalue weighted by Gasteiger charge is -2.35. The van der Waals surface area contributed by atoms with E-state index in [9.17, 15) is 23.9 Å². The number of β-amino-alcohol motifs (C(OH)–C–C–N with tert-alkyl or cyclic N) is 1. The number of carbonyl (C=O) groups excluding carboxylic acids is 3. The van der Waals surface area contributed by atoms with E-state index < -0.39 is 23.6 Å². The summed E-state index contributed by atoms with van der Waals surface area (Å²) in [7, 11) is 0. The lowest BCUT2D eigenvalue weighted by Crippen LogP contribution is -2.57. The number of nitrogens with zero attached hydrogens (tertiary/aromatic N) is 3. The average molecular weight is 942 g/mol. The highest BCUT2D eigenvalue weighted by atomic mass is 35.5. The Hall–Kier alpha value is -4.99.